The molecular formula is C19H22N6O3S. The second-order valence-electron chi connectivity index (χ2n) is 7.68. The van der Waals surface area contributed by atoms with E-state index in [0.29, 0.717) is 16.5 Å². The molecule has 10 heteroatoms. The Hall–Kier alpha value is -2.72. The highest BCUT2D eigenvalue weighted by atomic mass is 32.1. The number of rotatable bonds is 3. The number of hydrogen-bond acceptors (Lipinski definition) is 7. The predicted molar refractivity (Wildman–Crippen MR) is 109 cm³/mol. The molecule has 152 valence electrons. The Balaban J connectivity index is 1.43. The predicted octanol–water partition coefficient (Wildman–Crippen LogP) is 2.74. The van der Waals surface area contributed by atoms with Crippen LogP contribution in [0, 0.1) is 5.41 Å². The van der Waals surface area contributed by atoms with Crippen molar-refractivity contribution in [2.75, 3.05) is 38.7 Å². The normalized spacial score (nSPS) is 21.4. The minimum Gasteiger partial charge on any atom is -0.479 e. The van der Waals surface area contributed by atoms with Gasteiger partial charge in [-0.1, -0.05) is 11.3 Å². The third kappa shape index (κ3) is 3.22. The first-order chi connectivity index (χ1) is 14.1. The molecule has 3 aromatic heterocycles. The maximum Gasteiger partial charge on any atom is 0.323 e. The molecule has 2 aliphatic heterocycles. The van der Waals surface area contributed by atoms with Crippen molar-refractivity contribution in [3.63, 3.8) is 0 Å². The fourth-order valence-corrected chi connectivity index (χ4v) is 5.09. The van der Waals surface area contributed by atoms with Crippen LogP contribution in [0.5, 0.6) is 5.88 Å². The highest BCUT2D eigenvalue weighted by Crippen LogP contribution is 2.40. The van der Waals surface area contributed by atoms with E-state index in [0.717, 1.165) is 55.0 Å². The standard InChI is InChI=1S/C19H22N6O3S/c1-24-9-12(7-21-24)13-8-20-16(27-2)14-15(13)29-17(22-14)23-18(26)25-5-3-19(10-25)4-6-28-11-19/h7-9H,3-6,10-11H2,1-2H3,(H,22,23,26)/t19-/m0/s1. The number of nitrogens with zero attached hydrogens (tertiary/aromatic N) is 5. The Kier molecular flexibility index (Phi) is 4.39. The topological polar surface area (TPSA) is 94.4 Å². The Morgan fingerprint density at radius 1 is 1.38 bits per heavy atom. The average molecular weight is 414 g/mol. The van der Waals surface area contributed by atoms with Crippen LogP contribution in [0.3, 0.4) is 0 Å². The number of amides is 2. The smallest absolute Gasteiger partial charge is 0.323 e. The van der Waals surface area contributed by atoms with Gasteiger partial charge in [-0.15, -0.1) is 0 Å². The molecule has 5 rings (SSSR count). The molecular weight excluding hydrogens is 392 g/mol. The largest absolute Gasteiger partial charge is 0.479 e. The lowest BCUT2D eigenvalue weighted by molar-refractivity contribution is 0.154. The molecule has 9 nitrogen and oxygen atoms in total. The van der Waals surface area contributed by atoms with Crippen molar-refractivity contribution in [1.82, 2.24) is 24.6 Å². The lowest BCUT2D eigenvalue weighted by atomic mass is 9.87. The summed E-state index contributed by atoms with van der Waals surface area (Å²) in [4.78, 5) is 23.7. The minimum atomic E-state index is -0.123. The van der Waals surface area contributed by atoms with Gasteiger partial charge in [-0.25, -0.2) is 14.8 Å². The molecule has 0 saturated carbocycles. The number of likely N-dealkylation sites (tertiary alicyclic amines) is 1. The molecule has 5 heterocycles. The molecule has 2 amide bonds. The highest BCUT2D eigenvalue weighted by molar-refractivity contribution is 7.23. The van der Waals surface area contributed by atoms with Crippen LogP contribution in [-0.2, 0) is 11.8 Å². The molecule has 3 aromatic rings. The van der Waals surface area contributed by atoms with Crippen molar-refractivity contribution < 1.29 is 14.3 Å². The summed E-state index contributed by atoms with van der Waals surface area (Å²) in [5, 5.41) is 7.74. The second-order valence-corrected chi connectivity index (χ2v) is 8.68. The molecule has 0 unspecified atom stereocenters. The van der Waals surface area contributed by atoms with Crippen LogP contribution in [-0.4, -0.2) is 64.1 Å². The lowest BCUT2D eigenvalue weighted by Crippen LogP contribution is -2.35. The van der Waals surface area contributed by atoms with Crippen LogP contribution in [0.15, 0.2) is 18.6 Å². The van der Waals surface area contributed by atoms with Gasteiger partial charge in [0.2, 0.25) is 5.88 Å². The Morgan fingerprint density at radius 2 is 2.28 bits per heavy atom. The number of hydrogen-bond donors (Lipinski definition) is 1. The summed E-state index contributed by atoms with van der Waals surface area (Å²) in [5.41, 5.74) is 2.62. The summed E-state index contributed by atoms with van der Waals surface area (Å²) in [6.07, 6.45) is 7.48. The zero-order valence-electron chi connectivity index (χ0n) is 16.3. The van der Waals surface area contributed by atoms with Gasteiger partial charge in [0.05, 0.1) is 24.6 Å². The molecule has 0 bridgehead atoms. The van der Waals surface area contributed by atoms with Crippen molar-refractivity contribution in [2.45, 2.75) is 12.8 Å². The molecule has 2 aliphatic rings. The summed E-state index contributed by atoms with van der Waals surface area (Å²) >= 11 is 1.42. The van der Waals surface area contributed by atoms with Gasteiger partial charge in [0.15, 0.2) is 5.13 Å². The van der Waals surface area contributed by atoms with Crippen LogP contribution in [0.1, 0.15) is 12.8 Å². The molecule has 0 aromatic carbocycles. The molecule has 1 N–H and O–H groups in total. The number of aryl methyl sites for hydroxylation is 1. The molecule has 0 aliphatic carbocycles. The molecule has 1 atom stereocenters. The monoisotopic (exact) mass is 414 g/mol. The van der Waals surface area contributed by atoms with Crippen molar-refractivity contribution in [1.29, 1.82) is 0 Å². The minimum absolute atomic E-state index is 0.123. The van der Waals surface area contributed by atoms with E-state index in [4.69, 9.17) is 9.47 Å². The Labute approximate surface area is 171 Å². The zero-order chi connectivity index (χ0) is 20.0. The summed E-state index contributed by atoms with van der Waals surface area (Å²) in [6.45, 7) is 3.01. The van der Waals surface area contributed by atoms with E-state index in [1.807, 2.05) is 18.1 Å². The number of pyridine rings is 1. The van der Waals surface area contributed by atoms with E-state index in [1.54, 1.807) is 24.2 Å². The van der Waals surface area contributed by atoms with E-state index < -0.39 is 0 Å². The summed E-state index contributed by atoms with van der Waals surface area (Å²) in [6, 6.07) is -0.123. The zero-order valence-corrected chi connectivity index (χ0v) is 17.2. The number of thiazole rings is 1. The molecule has 1 spiro atoms. The quantitative estimate of drug-likeness (QED) is 0.708. The van der Waals surface area contributed by atoms with Gasteiger partial charge in [0.1, 0.15) is 5.52 Å². The molecule has 2 saturated heterocycles. The summed E-state index contributed by atoms with van der Waals surface area (Å²) < 4.78 is 13.6. The summed E-state index contributed by atoms with van der Waals surface area (Å²) in [5.74, 6) is 0.438. The maximum atomic E-state index is 12.8. The van der Waals surface area contributed by atoms with Crippen LogP contribution < -0.4 is 10.1 Å². The maximum absolute atomic E-state index is 12.8. The van der Waals surface area contributed by atoms with Crippen LogP contribution in [0.2, 0.25) is 0 Å². The third-order valence-corrected chi connectivity index (χ3v) is 6.72. The number of anilines is 1. The van der Waals surface area contributed by atoms with Gasteiger partial charge >= 0.3 is 6.03 Å². The van der Waals surface area contributed by atoms with Gasteiger partial charge in [0, 0.05) is 55.7 Å². The van der Waals surface area contributed by atoms with Gasteiger partial charge in [-0.3, -0.25) is 10.00 Å². The number of ether oxygens (including phenoxy) is 2. The number of carbonyl (C=O) groups is 1. The number of fused-ring (bicyclic) bond motifs is 1. The van der Waals surface area contributed by atoms with Gasteiger partial charge in [-0.05, 0) is 12.8 Å². The van der Waals surface area contributed by atoms with Crippen molar-refractivity contribution in [2.24, 2.45) is 12.5 Å². The van der Waals surface area contributed by atoms with Crippen molar-refractivity contribution in [3.05, 3.63) is 18.6 Å². The highest BCUT2D eigenvalue weighted by Gasteiger charge is 2.42. The number of carbonyl (C=O) groups excluding carboxylic acids is 1. The Bertz CT molecular complexity index is 1070. The first-order valence-electron chi connectivity index (χ1n) is 9.53. The van der Waals surface area contributed by atoms with E-state index in [2.05, 4.69) is 20.4 Å². The lowest BCUT2D eigenvalue weighted by Gasteiger charge is -2.21. The number of nitrogens with one attached hydrogen (secondary N) is 1. The van der Waals surface area contributed by atoms with E-state index in [9.17, 15) is 4.79 Å². The van der Waals surface area contributed by atoms with E-state index >= 15 is 0 Å². The van der Waals surface area contributed by atoms with E-state index in [-0.39, 0.29) is 11.4 Å². The second kappa shape index (κ2) is 6.96. The van der Waals surface area contributed by atoms with E-state index in [1.165, 1.54) is 11.3 Å². The van der Waals surface area contributed by atoms with Gasteiger partial charge in [0.25, 0.3) is 0 Å². The number of aromatic nitrogens is 4. The molecule has 0 radical (unpaired) electrons. The van der Waals surface area contributed by atoms with Crippen LogP contribution in [0.25, 0.3) is 21.3 Å². The first-order valence-corrected chi connectivity index (χ1v) is 10.3. The average Bonchev–Trinajstić information content (AvgIpc) is 3.49. The number of methoxy groups -OCH3 is 1. The molecule has 2 fully saturated rings. The van der Waals surface area contributed by atoms with Crippen LogP contribution >= 0.6 is 11.3 Å². The first kappa shape index (κ1) is 18.3. The van der Waals surface area contributed by atoms with Crippen molar-refractivity contribution >= 4 is 32.7 Å². The SMILES string of the molecule is COc1ncc(-c2cnn(C)c2)c2sc(NC(=O)N3CC[C@]4(CCOC4)C3)nc12. The molecule has 29 heavy (non-hydrogen) atoms. The Morgan fingerprint density at radius 3 is 3.00 bits per heavy atom. The fraction of sp³-hybridized carbons (Fsp3) is 0.474. The van der Waals surface area contributed by atoms with Crippen LogP contribution in [0.4, 0.5) is 9.93 Å². The van der Waals surface area contributed by atoms with Gasteiger partial charge < -0.3 is 14.4 Å². The summed E-state index contributed by atoms with van der Waals surface area (Å²) in [7, 11) is 3.44. The fourth-order valence-electron chi connectivity index (χ4n) is 4.11. The van der Waals surface area contributed by atoms with Gasteiger partial charge in [-0.2, -0.15) is 5.10 Å². The van der Waals surface area contributed by atoms with Crippen molar-refractivity contribution in [3.8, 4) is 17.0 Å². The third-order valence-electron chi connectivity index (χ3n) is 5.72. The number of urea groups is 1.